The van der Waals surface area contributed by atoms with E-state index in [1.807, 2.05) is 0 Å². The van der Waals surface area contributed by atoms with Gasteiger partial charge in [-0.3, -0.25) is 24.0 Å². The minimum atomic E-state index is -1.60. The lowest BCUT2D eigenvalue weighted by atomic mass is 10.1. The molecule has 0 spiro atoms. The van der Waals surface area contributed by atoms with Gasteiger partial charge in [-0.25, -0.2) is 4.79 Å². The Morgan fingerprint density at radius 3 is 1.90 bits per heavy atom. The molecule has 0 aromatic rings. The molecule has 0 aliphatic rings. The van der Waals surface area contributed by atoms with Crippen molar-refractivity contribution in [2.24, 2.45) is 17.2 Å². The molecule has 0 aromatic carbocycles. The van der Waals surface area contributed by atoms with Crippen molar-refractivity contribution < 1.29 is 39.0 Å². The van der Waals surface area contributed by atoms with Gasteiger partial charge < -0.3 is 43.4 Å². The normalized spacial score (nSPS) is 14.4. The van der Waals surface area contributed by atoms with Crippen LogP contribution in [0.25, 0.3) is 0 Å². The molecule has 0 heterocycles. The van der Waals surface area contributed by atoms with Crippen LogP contribution in [0.4, 0.5) is 0 Å². The van der Waals surface area contributed by atoms with Gasteiger partial charge in [-0.05, 0) is 32.7 Å². The number of hydrogen-bond acceptors (Lipinski definition) is 8. The second kappa shape index (κ2) is 13.9. The van der Waals surface area contributed by atoms with Crippen LogP contribution in [-0.2, 0) is 28.8 Å². The monoisotopic (exact) mass is 446 g/mol. The summed E-state index contributed by atoms with van der Waals surface area (Å²) in [6.45, 7) is 1.62. The van der Waals surface area contributed by atoms with E-state index in [9.17, 15) is 33.9 Å². The van der Waals surface area contributed by atoms with Crippen LogP contribution >= 0.6 is 0 Å². The number of carbonyl (C=O) groups is 6. The van der Waals surface area contributed by atoms with Crippen LogP contribution in [0.5, 0.6) is 0 Å². The first-order valence-corrected chi connectivity index (χ1v) is 9.48. The van der Waals surface area contributed by atoms with E-state index >= 15 is 0 Å². The summed E-state index contributed by atoms with van der Waals surface area (Å²) in [6.07, 6.45) is -0.180. The van der Waals surface area contributed by atoms with Crippen molar-refractivity contribution in [3.05, 3.63) is 0 Å². The van der Waals surface area contributed by atoms with E-state index in [2.05, 4.69) is 16.0 Å². The Morgan fingerprint density at radius 1 is 0.839 bits per heavy atom. The van der Waals surface area contributed by atoms with Crippen molar-refractivity contribution in [3.8, 4) is 0 Å². The number of amides is 4. The molecule has 0 bridgehead atoms. The van der Waals surface area contributed by atoms with E-state index in [4.69, 9.17) is 22.3 Å². The summed E-state index contributed by atoms with van der Waals surface area (Å²) in [5.41, 5.74) is 15.7. The highest BCUT2D eigenvalue weighted by Gasteiger charge is 2.29. The fourth-order valence-corrected chi connectivity index (χ4v) is 2.40. The average Bonchev–Trinajstić information content (AvgIpc) is 2.65. The van der Waals surface area contributed by atoms with Crippen molar-refractivity contribution in [1.29, 1.82) is 0 Å². The highest BCUT2D eigenvalue weighted by Crippen LogP contribution is 2.02. The lowest BCUT2D eigenvalue weighted by Crippen LogP contribution is -2.57. The molecule has 0 aliphatic heterocycles. The van der Waals surface area contributed by atoms with Crippen LogP contribution in [0.3, 0.4) is 0 Å². The number of carboxylic acid groups (broad SMARTS) is 2. The molecule has 31 heavy (non-hydrogen) atoms. The molecular formula is C17H30N6O8. The predicted molar refractivity (Wildman–Crippen MR) is 106 cm³/mol. The second-order valence-corrected chi connectivity index (χ2v) is 6.85. The van der Waals surface area contributed by atoms with Gasteiger partial charge in [0.05, 0.1) is 18.9 Å². The van der Waals surface area contributed by atoms with E-state index < -0.39 is 72.6 Å². The van der Waals surface area contributed by atoms with Crippen molar-refractivity contribution in [3.63, 3.8) is 0 Å². The van der Waals surface area contributed by atoms with Crippen molar-refractivity contribution in [2.45, 2.75) is 63.2 Å². The Kier molecular flexibility index (Phi) is 12.4. The number of aliphatic carboxylic acids is 2. The summed E-state index contributed by atoms with van der Waals surface area (Å²) in [6, 6.07) is -5.43. The largest absolute Gasteiger partial charge is 0.481 e. The second-order valence-electron chi connectivity index (χ2n) is 6.85. The summed E-state index contributed by atoms with van der Waals surface area (Å²) in [7, 11) is 0. The molecular weight excluding hydrogens is 416 g/mol. The third-order valence-electron chi connectivity index (χ3n) is 4.08. The van der Waals surface area contributed by atoms with Crippen molar-refractivity contribution in [1.82, 2.24) is 16.0 Å². The van der Waals surface area contributed by atoms with Gasteiger partial charge in [-0.2, -0.15) is 0 Å². The summed E-state index contributed by atoms with van der Waals surface area (Å²) in [4.78, 5) is 69.7. The van der Waals surface area contributed by atoms with Gasteiger partial charge in [0.15, 0.2) is 0 Å². The number of hydrogen-bond donors (Lipinski definition) is 8. The number of carbonyl (C=O) groups excluding carboxylic acids is 4. The number of rotatable bonds is 15. The predicted octanol–water partition coefficient (Wildman–Crippen LogP) is -3.65. The van der Waals surface area contributed by atoms with Crippen LogP contribution in [0.1, 0.15) is 39.0 Å². The maximum Gasteiger partial charge on any atom is 0.326 e. The van der Waals surface area contributed by atoms with Gasteiger partial charge >= 0.3 is 11.9 Å². The quantitative estimate of drug-likeness (QED) is 0.114. The van der Waals surface area contributed by atoms with Crippen LogP contribution in [0.15, 0.2) is 0 Å². The molecule has 0 fully saturated rings. The summed E-state index contributed by atoms with van der Waals surface area (Å²) in [5.74, 6) is -6.37. The fraction of sp³-hybridized carbons (Fsp3) is 0.647. The summed E-state index contributed by atoms with van der Waals surface area (Å²) in [5, 5.41) is 24.7. The smallest absolute Gasteiger partial charge is 0.326 e. The minimum Gasteiger partial charge on any atom is -0.481 e. The van der Waals surface area contributed by atoms with Gasteiger partial charge in [0.2, 0.25) is 23.6 Å². The topological polar surface area (TPSA) is 257 Å². The Balaban J connectivity index is 5.03. The zero-order valence-electron chi connectivity index (χ0n) is 17.1. The maximum atomic E-state index is 12.4. The van der Waals surface area contributed by atoms with Gasteiger partial charge in [-0.1, -0.05) is 0 Å². The molecule has 14 nitrogen and oxygen atoms in total. The molecule has 14 heteroatoms. The molecule has 4 amide bonds. The Bertz CT molecular complexity index is 686. The number of carboxylic acids is 2. The van der Waals surface area contributed by atoms with Crippen LogP contribution in [-0.4, -0.2) is 76.5 Å². The Labute approximate surface area is 178 Å². The standard InChI is InChI=1S/C17H30N6O8/c1-8(14(27)22-10(17(30)31)4-2-3-5-18)21-16(29)11(7-13(25)26)23-15(28)9(19)6-12(20)24/h8-11H,2-7,18-19H2,1H3,(H2,20,24)(H,21,29)(H,22,27)(H,23,28)(H,25,26)(H,30,31). The highest BCUT2D eigenvalue weighted by molar-refractivity contribution is 5.96. The molecule has 4 atom stereocenters. The molecule has 11 N–H and O–H groups in total. The Hall–Kier alpha value is -3.26. The third kappa shape index (κ3) is 11.5. The van der Waals surface area contributed by atoms with E-state index in [1.165, 1.54) is 6.92 Å². The minimum absolute atomic E-state index is 0.133. The molecule has 0 aromatic heterocycles. The van der Waals surface area contributed by atoms with Gasteiger partial charge in [-0.15, -0.1) is 0 Å². The number of unbranched alkanes of at least 4 members (excludes halogenated alkanes) is 1. The fourth-order valence-electron chi connectivity index (χ4n) is 2.40. The first kappa shape index (κ1) is 27.7. The van der Waals surface area contributed by atoms with E-state index in [1.54, 1.807) is 0 Å². The maximum absolute atomic E-state index is 12.4. The third-order valence-corrected chi connectivity index (χ3v) is 4.08. The zero-order chi connectivity index (χ0) is 24.1. The Morgan fingerprint density at radius 2 is 1.42 bits per heavy atom. The van der Waals surface area contributed by atoms with Crippen LogP contribution < -0.4 is 33.2 Å². The molecule has 4 unspecified atom stereocenters. The van der Waals surface area contributed by atoms with Crippen LogP contribution in [0, 0.1) is 0 Å². The number of primary amides is 1. The SMILES string of the molecule is CC(NC(=O)C(CC(=O)O)NC(=O)C(N)CC(N)=O)C(=O)NC(CCCCN)C(=O)O. The van der Waals surface area contributed by atoms with Crippen molar-refractivity contribution >= 4 is 35.6 Å². The lowest BCUT2D eigenvalue weighted by molar-refractivity contribution is -0.143. The summed E-state index contributed by atoms with van der Waals surface area (Å²) >= 11 is 0. The number of nitrogens with two attached hydrogens (primary N) is 3. The first-order chi connectivity index (χ1) is 14.4. The molecule has 0 rings (SSSR count). The number of nitrogens with one attached hydrogen (secondary N) is 3. The molecule has 0 aliphatic carbocycles. The van der Waals surface area contributed by atoms with E-state index in [0.717, 1.165) is 0 Å². The van der Waals surface area contributed by atoms with E-state index in [-0.39, 0.29) is 6.42 Å². The lowest BCUT2D eigenvalue weighted by Gasteiger charge is -2.22. The zero-order valence-corrected chi connectivity index (χ0v) is 17.1. The first-order valence-electron chi connectivity index (χ1n) is 9.48. The molecule has 0 radical (unpaired) electrons. The van der Waals surface area contributed by atoms with Gasteiger partial charge in [0.1, 0.15) is 18.1 Å². The van der Waals surface area contributed by atoms with E-state index in [0.29, 0.717) is 19.4 Å². The van der Waals surface area contributed by atoms with Gasteiger partial charge in [0, 0.05) is 0 Å². The average molecular weight is 446 g/mol. The summed E-state index contributed by atoms with van der Waals surface area (Å²) < 4.78 is 0. The van der Waals surface area contributed by atoms with Crippen molar-refractivity contribution in [2.75, 3.05) is 6.54 Å². The molecule has 0 saturated heterocycles. The van der Waals surface area contributed by atoms with Gasteiger partial charge in [0.25, 0.3) is 0 Å². The molecule has 176 valence electrons. The van der Waals surface area contributed by atoms with Crippen LogP contribution in [0.2, 0.25) is 0 Å². The molecule has 0 saturated carbocycles. The highest BCUT2D eigenvalue weighted by atomic mass is 16.4.